The van der Waals surface area contributed by atoms with Crippen LogP contribution in [0.2, 0.25) is 0 Å². The summed E-state index contributed by atoms with van der Waals surface area (Å²) in [5, 5.41) is 2.70. The van der Waals surface area contributed by atoms with Crippen LogP contribution in [0.4, 0.5) is 5.69 Å². The Kier molecular flexibility index (Phi) is 7.67. The van der Waals surface area contributed by atoms with Gasteiger partial charge >= 0.3 is 5.97 Å². The Morgan fingerprint density at radius 2 is 1.67 bits per heavy atom. The van der Waals surface area contributed by atoms with E-state index in [1.165, 1.54) is 0 Å². The number of hydrogen-bond acceptors (Lipinski definition) is 5. The van der Waals surface area contributed by atoms with Gasteiger partial charge in [-0.2, -0.15) is 0 Å². The number of nitrogens with one attached hydrogen (secondary N) is 1. The maximum Gasteiger partial charge on any atom is 0.309 e. The third kappa shape index (κ3) is 6.66. The van der Waals surface area contributed by atoms with Gasteiger partial charge in [0.05, 0.1) is 19.6 Å². The van der Waals surface area contributed by atoms with Crippen molar-refractivity contribution in [3.63, 3.8) is 0 Å². The number of ether oxygens (including phenoxy) is 3. The molecule has 0 atom stereocenters. The van der Waals surface area contributed by atoms with Crippen molar-refractivity contribution in [1.82, 2.24) is 0 Å². The zero-order chi connectivity index (χ0) is 19.6. The number of esters is 1. The van der Waals surface area contributed by atoms with Gasteiger partial charge in [-0.25, -0.2) is 0 Å². The molecule has 0 unspecified atom stereocenters. The molecule has 0 saturated carbocycles. The minimum atomic E-state index is -0.501. The number of aryl methyl sites for hydroxylation is 2. The monoisotopic (exact) mass is 371 g/mol. The molecule has 0 radical (unpaired) electrons. The van der Waals surface area contributed by atoms with Crippen molar-refractivity contribution in [2.45, 2.75) is 27.2 Å². The summed E-state index contributed by atoms with van der Waals surface area (Å²) in [7, 11) is 0. The molecule has 0 aliphatic rings. The molecule has 1 amide bonds. The van der Waals surface area contributed by atoms with E-state index < -0.39 is 5.97 Å². The lowest BCUT2D eigenvalue weighted by molar-refractivity contribution is -0.147. The van der Waals surface area contributed by atoms with E-state index in [0.717, 1.165) is 11.1 Å². The number of amides is 1. The van der Waals surface area contributed by atoms with Gasteiger partial charge < -0.3 is 19.5 Å². The summed E-state index contributed by atoms with van der Waals surface area (Å²) in [5.74, 6) is 0.314. The van der Waals surface area contributed by atoms with Crippen LogP contribution in [-0.2, 0) is 14.3 Å². The number of carbonyl (C=O) groups excluding carboxylic acids is 2. The molecule has 0 saturated heterocycles. The molecule has 0 aliphatic heterocycles. The van der Waals surface area contributed by atoms with Gasteiger partial charge in [-0.1, -0.05) is 18.2 Å². The van der Waals surface area contributed by atoms with Crippen LogP contribution in [0.25, 0.3) is 0 Å². The zero-order valence-electron chi connectivity index (χ0n) is 15.9. The summed E-state index contributed by atoms with van der Waals surface area (Å²) in [5.41, 5.74) is 2.90. The molecule has 144 valence electrons. The first-order valence-corrected chi connectivity index (χ1v) is 8.87. The van der Waals surface area contributed by atoms with E-state index in [9.17, 15) is 9.59 Å². The van der Waals surface area contributed by atoms with E-state index in [2.05, 4.69) is 5.32 Å². The summed E-state index contributed by atoms with van der Waals surface area (Å²) in [6.07, 6.45) is 0.0391. The van der Waals surface area contributed by atoms with Crippen LogP contribution >= 0.6 is 0 Å². The van der Waals surface area contributed by atoms with Crippen molar-refractivity contribution in [2.24, 2.45) is 0 Å². The highest BCUT2D eigenvalue weighted by Crippen LogP contribution is 2.26. The van der Waals surface area contributed by atoms with Gasteiger partial charge in [-0.15, -0.1) is 0 Å². The topological polar surface area (TPSA) is 73.9 Å². The molecule has 2 aromatic rings. The Labute approximate surface area is 159 Å². The number of benzene rings is 2. The van der Waals surface area contributed by atoms with Crippen LogP contribution in [0.3, 0.4) is 0 Å². The van der Waals surface area contributed by atoms with Crippen molar-refractivity contribution in [1.29, 1.82) is 0 Å². The van der Waals surface area contributed by atoms with Crippen LogP contribution < -0.4 is 14.8 Å². The molecular formula is C21H25NO5. The molecule has 1 N–H and O–H groups in total. The average Bonchev–Trinajstić information content (AvgIpc) is 2.65. The second-order valence-corrected chi connectivity index (χ2v) is 5.99. The Bertz CT molecular complexity index is 788. The van der Waals surface area contributed by atoms with Gasteiger partial charge in [-0.05, 0) is 56.2 Å². The highest BCUT2D eigenvalue weighted by atomic mass is 16.5. The number of para-hydroxylation sites is 2. The van der Waals surface area contributed by atoms with Crippen LogP contribution in [0.5, 0.6) is 11.5 Å². The lowest BCUT2D eigenvalue weighted by Gasteiger charge is -2.11. The second kappa shape index (κ2) is 10.2. The molecule has 0 bridgehead atoms. The molecule has 27 heavy (non-hydrogen) atoms. The third-order valence-corrected chi connectivity index (χ3v) is 3.87. The van der Waals surface area contributed by atoms with E-state index >= 15 is 0 Å². The quantitative estimate of drug-likeness (QED) is 0.681. The van der Waals surface area contributed by atoms with Gasteiger partial charge in [-0.3, -0.25) is 9.59 Å². The largest absolute Gasteiger partial charge is 0.490 e. The Morgan fingerprint density at radius 1 is 0.963 bits per heavy atom. The minimum Gasteiger partial charge on any atom is -0.490 e. The Morgan fingerprint density at radius 3 is 2.33 bits per heavy atom. The van der Waals surface area contributed by atoms with Crippen LogP contribution in [0.1, 0.15) is 24.5 Å². The molecule has 6 heteroatoms. The number of rotatable bonds is 9. The fraction of sp³-hybridized carbons (Fsp3) is 0.333. The molecule has 0 fully saturated rings. The van der Waals surface area contributed by atoms with Crippen molar-refractivity contribution < 1.29 is 23.8 Å². The highest BCUT2D eigenvalue weighted by molar-refractivity contribution is 5.92. The maximum absolute atomic E-state index is 11.9. The summed E-state index contributed by atoms with van der Waals surface area (Å²) in [6.45, 7) is 6.18. The van der Waals surface area contributed by atoms with Crippen LogP contribution in [-0.4, -0.2) is 31.7 Å². The Balaban J connectivity index is 1.71. The summed E-state index contributed by atoms with van der Waals surface area (Å²) in [6, 6.07) is 12.9. The van der Waals surface area contributed by atoms with E-state index in [1.54, 1.807) is 12.1 Å². The normalized spacial score (nSPS) is 10.2. The zero-order valence-corrected chi connectivity index (χ0v) is 15.9. The van der Waals surface area contributed by atoms with Gasteiger partial charge in [0.1, 0.15) is 0 Å². The standard InChI is InChI=1S/C21H25NO5/c1-4-25-18-7-5-6-8-19(18)26-12-11-21(24)27-14-20(23)22-17-10-9-15(2)16(3)13-17/h5-10,13H,4,11-12,14H2,1-3H3,(H,22,23). The van der Waals surface area contributed by atoms with Crippen molar-refractivity contribution >= 4 is 17.6 Å². The van der Waals surface area contributed by atoms with E-state index in [4.69, 9.17) is 14.2 Å². The fourth-order valence-corrected chi connectivity index (χ4v) is 2.32. The van der Waals surface area contributed by atoms with Gasteiger partial charge in [0.2, 0.25) is 0 Å². The summed E-state index contributed by atoms with van der Waals surface area (Å²) < 4.78 is 16.0. The SMILES string of the molecule is CCOc1ccccc1OCCC(=O)OCC(=O)Nc1ccc(C)c(C)c1. The number of anilines is 1. The van der Waals surface area contributed by atoms with E-state index in [0.29, 0.717) is 23.8 Å². The minimum absolute atomic E-state index is 0.0391. The molecule has 0 aliphatic carbocycles. The van der Waals surface area contributed by atoms with E-state index in [-0.39, 0.29) is 25.5 Å². The Hall–Kier alpha value is -3.02. The first-order chi connectivity index (χ1) is 13.0. The lowest BCUT2D eigenvalue weighted by atomic mass is 10.1. The third-order valence-electron chi connectivity index (χ3n) is 3.87. The van der Waals surface area contributed by atoms with Gasteiger partial charge in [0, 0.05) is 5.69 Å². The molecule has 2 aromatic carbocycles. The maximum atomic E-state index is 11.9. The smallest absolute Gasteiger partial charge is 0.309 e. The van der Waals surface area contributed by atoms with Crippen LogP contribution in [0.15, 0.2) is 42.5 Å². The average molecular weight is 371 g/mol. The first-order valence-electron chi connectivity index (χ1n) is 8.87. The second-order valence-electron chi connectivity index (χ2n) is 5.99. The van der Waals surface area contributed by atoms with Crippen molar-refractivity contribution in [2.75, 3.05) is 25.1 Å². The van der Waals surface area contributed by atoms with Gasteiger partial charge in [0.15, 0.2) is 18.1 Å². The van der Waals surface area contributed by atoms with Gasteiger partial charge in [0.25, 0.3) is 5.91 Å². The lowest BCUT2D eigenvalue weighted by Crippen LogP contribution is -2.21. The predicted molar refractivity (Wildman–Crippen MR) is 103 cm³/mol. The molecule has 0 spiro atoms. The number of carbonyl (C=O) groups is 2. The molecule has 2 rings (SSSR count). The van der Waals surface area contributed by atoms with Crippen molar-refractivity contribution in [3.05, 3.63) is 53.6 Å². The first kappa shape index (κ1) is 20.3. The van der Waals surface area contributed by atoms with E-state index in [1.807, 2.05) is 51.1 Å². The van der Waals surface area contributed by atoms with Crippen molar-refractivity contribution in [3.8, 4) is 11.5 Å². The van der Waals surface area contributed by atoms with Crippen LogP contribution in [0, 0.1) is 13.8 Å². The summed E-state index contributed by atoms with van der Waals surface area (Å²) in [4.78, 5) is 23.7. The number of hydrogen-bond donors (Lipinski definition) is 1. The molecule has 0 heterocycles. The molecule has 6 nitrogen and oxygen atoms in total. The highest BCUT2D eigenvalue weighted by Gasteiger charge is 2.10. The summed E-state index contributed by atoms with van der Waals surface area (Å²) >= 11 is 0. The molecule has 0 aromatic heterocycles. The predicted octanol–water partition coefficient (Wildman–Crippen LogP) is 3.65. The fourth-order valence-electron chi connectivity index (χ4n) is 2.32. The molecular weight excluding hydrogens is 346 g/mol.